The van der Waals surface area contributed by atoms with Gasteiger partial charge < -0.3 is 4.98 Å². The lowest BCUT2D eigenvalue weighted by molar-refractivity contribution is 1.09. The van der Waals surface area contributed by atoms with Crippen molar-refractivity contribution in [3.05, 3.63) is 53.7 Å². The maximum Gasteiger partial charge on any atom is 0.161 e. The fourth-order valence-electron chi connectivity index (χ4n) is 3.29. The summed E-state index contributed by atoms with van der Waals surface area (Å²) < 4.78 is 0. The van der Waals surface area contributed by atoms with Crippen molar-refractivity contribution < 1.29 is 0 Å². The number of imidazole rings is 1. The average molecular weight is 384 g/mol. The van der Waals surface area contributed by atoms with Crippen LogP contribution in [-0.4, -0.2) is 40.3 Å². The van der Waals surface area contributed by atoms with Gasteiger partial charge in [0.15, 0.2) is 11.5 Å². The van der Waals surface area contributed by atoms with E-state index in [0.29, 0.717) is 11.5 Å². The molecule has 0 aromatic carbocycles. The first-order valence-corrected chi connectivity index (χ1v) is 9.52. The van der Waals surface area contributed by atoms with E-state index in [4.69, 9.17) is 9.97 Å². The minimum absolute atomic E-state index is 0.655. The average Bonchev–Trinajstić information content (AvgIpc) is 3.53. The molecule has 134 valence electrons. The number of pyridine rings is 2. The van der Waals surface area contributed by atoms with Gasteiger partial charge in [-0.15, -0.1) is 0 Å². The van der Waals surface area contributed by atoms with E-state index in [0.717, 1.165) is 44.5 Å². The maximum absolute atomic E-state index is 4.82. The third-order valence-corrected chi connectivity index (χ3v) is 5.34. The summed E-state index contributed by atoms with van der Waals surface area (Å²) in [5, 5.41) is 18.4. The second-order valence-electron chi connectivity index (χ2n) is 6.33. The molecule has 3 N–H and O–H groups in total. The van der Waals surface area contributed by atoms with Crippen molar-refractivity contribution >= 4 is 33.4 Å². The van der Waals surface area contributed by atoms with Gasteiger partial charge in [0.25, 0.3) is 0 Å². The molecule has 6 rings (SSSR count). The summed E-state index contributed by atoms with van der Waals surface area (Å²) in [6.45, 7) is 0. The largest absolute Gasteiger partial charge is 0.335 e. The van der Waals surface area contributed by atoms with E-state index in [1.165, 1.54) is 0 Å². The van der Waals surface area contributed by atoms with Gasteiger partial charge in [0.05, 0.1) is 29.1 Å². The molecule has 0 radical (unpaired) electrons. The zero-order valence-corrected chi connectivity index (χ0v) is 15.2. The Morgan fingerprint density at radius 1 is 0.893 bits per heavy atom. The molecule has 0 amide bonds. The molecule has 6 heterocycles. The van der Waals surface area contributed by atoms with E-state index in [1.54, 1.807) is 23.7 Å². The number of nitrogens with one attached hydrogen (secondary N) is 3. The number of hydrogen-bond acceptors (Lipinski definition) is 6. The molecule has 0 fully saturated rings. The lowest BCUT2D eigenvalue weighted by atomic mass is 10.1. The topological polar surface area (TPSA) is 112 Å². The van der Waals surface area contributed by atoms with Gasteiger partial charge in [-0.25, -0.2) is 9.97 Å². The number of aromatic amines is 3. The van der Waals surface area contributed by atoms with Gasteiger partial charge in [0, 0.05) is 23.5 Å². The number of fused-ring (bicyclic) bond motifs is 2. The second-order valence-corrected chi connectivity index (χ2v) is 7.11. The van der Waals surface area contributed by atoms with Crippen molar-refractivity contribution in [1.29, 1.82) is 0 Å². The highest BCUT2D eigenvalue weighted by atomic mass is 32.1. The molecule has 9 heteroatoms. The van der Waals surface area contributed by atoms with E-state index in [-0.39, 0.29) is 0 Å². The third-order valence-electron chi connectivity index (χ3n) is 4.65. The first kappa shape index (κ1) is 15.2. The number of nitrogens with zero attached hydrogens (tertiary/aromatic N) is 5. The standard InChI is InChI=1S/C19H12N8S/c1-2-14-17(23-13(1)11-5-21-22-6-11)18(27-26-14)19-24-15-8-20-7-12(16(15)25-19)10-3-4-28-9-10/h1-9H,(H,21,22)(H,24,25)(H,26,27). The zero-order chi connectivity index (χ0) is 18.5. The molecule has 6 aromatic heterocycles. The van der Waals surface area contributed by atoms with Gasteiger partial charge in [-0.05, 0) is 34.5 Å². The normalized spacial score (nSPS) is 11.6. The van der Waals surface area contributed by atoms with E-state index in [9.17, 15) is 0 Å². The minimum atomic E-state index is 0.655. The van der Waals surface area contributed by atoms with Gasteiger partial charge in [-0.2, -0.15) is 21.5 Å². The Morgan fingerprint density at radius 3 is 2.75 bits per heavy atom. The summed E-state index contributed by atoms with van der Waals surface area (Å²) in [5.74, 6) is 0.655. The molecule has 0 saturated carbocycles. The highest BCUT2D eigenvalue weighted by Crippen LogP contribution is 2.31. The number of hydrogen-bond donors (Lipinski definition) is 3. The van der Waals surface area contributed by atoms with Crippen LogP contribution in [0, 0.1) is 0 Å². The molecule has 0 aliphatic carbocycles. The molecule has 0 aliphatic rings. The van der Waals surface area contributed by atoms with Crippen LogP contribution in [0.25, 0.3) is 56.0 Å². The Balaban J connectivity index is 1.55. The number of thiophene rings is 1. The molecular formula is C19H12N8S. The predicted octanol–water partition coefficient (Wildman–Crippen LogP) is 4.01. The van der Waals surface area contributed by atoms with Gasteiger partial charge in [0.2, 0.25) is 0 Å². The first-order valence-electron chi connectivity index (χ1n) is 8.58. The van der Waals surface area contributed by atoms with E-state index >= 15 is 0 Å². The molecule has 0 atom stereocenters. The molecule has 28 heavy (non-hydrogen) atoms. The van der Waals surface area contributed by atoms with Crippen LogP contribution in [-0.2, 0) is 0 Å². The van der Waals surface area contributed by atoms with E-state index in [1.807, 2.05) is 29.9 Å². The van der Waals surface area contributed by atoms with Crippen LogP contribution in [0.5, 0.6) is 0 Å². The van der Waals surface area contributed by atoms with Crippen LogP contribution < -0.4 is 0 Å². The zero-order valence-electron chi connectivity index (χ0n) is 14.3. The van der Waals surface area contributed by atoms with Gasteiger partial charge in [-0.3, -0.25) is 15.2 Å². The van der Waals surface area contributed by atoms with Crippen LogP contribution in [0.4, 0.5) is 0 Å². The predicted molar refractivity (Wildman–Crippen MR) is 108 cm³/mol. The van der Waals surface area contributed by atoms with Crippen molar-refractivity contribution in [2.75, 3.05) is 0 Å². The van der Waals surface area contributed by atoms with Crippen molar-refractivity contribution in [3.63, 3.8) is 0 Å². The Kier molecular flexibility index (Phi) is 3.17. The Bertz CT molecular complexity index is 1410. The Hall–Kier alpha value is -3.85. The molecular weight excluding hydrogens is 372 g/mol. The first-order chi connectivity index (χ1) is 13.9. The molecule has 6 aromatic rings. The van der Waals surface area contributed by atoms with Gasteiger partial charge in [-0.1, -0.05) is 0 Å². The van der Waals surface area contributed by atoms with Crippen molar-refractivity contribution in [1.82, 2.24) is 40.3 Å². The van der Waals surface area contributed by atoms with Crippen molar-refractivity contribution in [3.8, 4) is 33.9 Å². The molecule has 0 aliphatic heterocycles. The minimum Gasteiger partial charge on any atom is -0.335 e. The highest BCUT2D eigenvalue weighted by molar-refractivity contribution is 7.08. The molecule has 0 bridgehead atoms. The lowest BCUT2D eigenvalue weighted by Gasteiger charge is -1.97. The lowest BCUT2D eigenvalue weighted by Crippen LogP contribution is -1.86. The summed E-state index contributed by atoms with van der Waals surface area (Å²) >= 11 is 1.65. The molecule has 0 saturated heterocycles. The van der Waals surface area contributed by atoms with Crippen LogP contribution in [0.1, 0.15) is 0 Å². The van der Waals surface area contributed by atoms with Crippen LogP contribution in [0.15, 0.2) is 53.7 Å². The summed E-state index contributed by atoms with van der Waals surface area (Å²) in [4.78, 5) is 17.3. The van der Waals surface area contributed by atoms with E-state index < -0.39 is 0 Å². The Labute approximate surface area is 161 Å². The van der Waals surface area contributed by atoms with Crippen LogP contribution in [0.2, 0.25) is 0 Å². The van der Waals surface area contributed by atoms with Gasteiger partial charge >= 0.3 is 0 Å². The number of H-pyrrole nitrogens is 3. The maximum atomic E-state index is 4.82. The summed E-state index contributed by atoms with van der Waals surface area (Å²) in [5.41, 5.74) is 7.84. The monoisotopic (exact) mass is 384 g/mol. The molecule has 8 nitrogen and oxygen atoms in total. The van der Waals surface area contributed by atoms with Crippen molar-refractivity contribution in [2.24, 2.45) is 0 Å². The molecule has 0 spiro atoms. The molecule has 0 unspecified atom stereocenters. The van der Waals surface area contributed by atoms with Crippen LogP contribution in [0.3, 0.4) is 0 Å². The highest BCUT2D eigenvalue weighted by Gasteiger charge is 2.17. The van der Waals surface area contributed by atoms with Gasteiger partial charge in [0.1, 0.15) is 11.0 Å². The SMILES string of the molecule is c1cc(-c2cncc3[nH]c(-c4n[nH]c5ccc(-c6cn[nH]c6)nc45)nc23)cs1. The third kappa shape index (κ3) is 2.26. The summed E-state index contributed by atoms with van der Waals surface area (Å²) in [7, 11) is 0. The second kappa shape index (κ2) is 5.83. The summed E-state index contributed by atoms with van der Waals surface area (Å²) in [6, 6.07) is 5.96. The smallest absolute Gasteiger partial charge is 0.161 e. The quantitative estimate of drug-likeness (QED) is 0.427. The fourth-order valence-corrected chi connectivity index (χ4v) is 3.95. The number of rotatable bonds is 3. The fraction of sp³-hybridized carbons (Fsp3) is 0. The van der Waals surface area contributed by atoms with Crippen LogP contribution >= 0.6 is 11.3 Å². The Morgan fingerprint density at radius 2 is 1.89 bits per heavy atom. The summed E-state index contributed by atoms with van der Waals surface area (Å²) in [6.07, 6.45) is 7.18. The van der Waals surface area contributed by atoms with Crippen molar-refractivity contribution in [2.45, 2.75) is 0 Å². The van der Waals surface area contributed by atoms with E-state index in [2.05, 4.69) is 41.8 Å². The number of aromatic nitrogens is 8.